The lowest BCUT2D eigenvalue weighted by atomic mass is 10.1. The zero-order valence-corrected chi connectivity index (χ0v) is 14.6. The first kappa shape index (κ1) is 18.6. The summed E-state index contributed by atoms with van der Waals surface area (Å²) in [7, 11) is 0. The molecule has 0 aliphatic carbocycles. The molecule has 0 unspecified atom stereocenters. The Morgan fingerprint density at radius 2 is 1.72 bits per heavy atom. The van der Waals surface area contributed by atoms with E-state index in [1.807, 2.05) is 31.2 Å². The molecule has 25 heavy (non-hydrogen) atoms. The van der Waals surface area contributed by atoms with Crippen LogP contribution in [0.15, 0.2) is 54.7 Å². The van der Waals surface area contributed by atoms with Crippen LogP contribution < -0.4 is 10.6 Å². The fourth-order valence-corrected chi connectivity index (χ4v) is 2.50. The quantitative estimate of drug-likeness (QED) is 0.736. The van der Waals surface area contributed by atoms with Crippen LogP contribution in [0.5, 0.6) is 0 Å². The Labute approximate surface area is 148 Å². The van der Waals surface area contributed by atoms with Crippen molar-refractivity contribution in [3.63, 3.8) is 0 Å². The molecule has 1 atom stereocenters. The van der Waals surface area contributed by atoms with Gasteiger partial charge < -0.3 is 10.6 Å². The maximum Gasteiger partial charge on any atom is 0.225 e. The minimum atomic E-state index is -0.122. The van der Waals surface area contributed by atoms with E-state index in [1.165, 1.54) is 5.56 Å². The fourth-order valence-electron chi connectivity index (χ4n) is 2.50. The highest BCUT2D eigenvalue weighted by molar-refractivity contribution is 5.90. The SMILES string of the molecule is C[C@H](CCc1ccccc1)NC(=O)CCCC(=O)Nc1ccccn1. The van der Waals surface area contributed by atoms with Crippen LogP contribution in [-0.4, -0.2) is 22.8 Å². The van der Waals surface area contributed by atoms with Gasteiger partial charge in [0.1, 0.15) is 5.82 Å². The maximum atomic E-state index is 11.9. The van der Waals surface area contributed by atoms with Crippen molar-refractivity contribution in [2.45, 2.75) is 45.1 Å². The van der Waals surface area contributed by atoms with Crippen molar-refractivity contribution in [3.8, 4) is 0 Å². The predicted octanol–water partition coefficient (Wildman–Crippen LogP) is 3.33. The van der Waals surface area contributed by atoms with E-state index in [1.54, 1.807) is 18.3 Å². The third kappa shape index (κ3) is 7.61. The first-order valence-corrected chi connectivity index (χ1v) is 8.67. The standard InChI is InChI=1S/C20H25N3O2/c1-16(13-14-17-8-3-2-4-9-17)22-19(24)11-7-12-20(25)23-18-10-5-6-15-21-18/h2-6,8-10,15-16H,7,11-14H2,1H3,(H,22,24)(H,21,23,25)/t16-/m1/s1. The van der Waals surface area contributed by atoms with Crippen LogP contribution in [0.2, 0.25) is 0 Å². The molecule has 132 valence electrons. The first-order valence-electron chi connectivity index (χ1n) is 8.67. The summed E-state index contributed by atoms with van der Waals surface area (Å²) in [4.78, 5) is 27.8. The van der Waals surface area contributed by atoms with E-state index in [2.05, 4.69) is 27.8 Å². The maximum absolute atomic E-state index is 11.9. The molecule has 0 radical (unpaired) electrons. The summed E-state index contributed by atoms with van der Waals surface area (Å²) in [6.45, 7) is 2.01. The second-order valence-electron chi connectivity index (χ2n) is 6.11. The number of carbonyl (C=O) groups is 2. The predicted molar refractivity (Wildman–Crippen MR) is 99.1 cm³/mol. The van der Waals surface area contributed by atoms with Gasteiger partial charge in [-0.05, 0) is 43.9 Å². The molecule has 1 aromatic heterocycles. The Morgan fingerprint density at radius 3 is 2.44 bits per heavy atom. The highest BCUT2D eigenvalue weighted by Gasteiger charge is 2.09. The number of hydrogen-bond acceptors (Lipinski definition) is 3. The number of nitrogens with one attached hydrogen (secondary N) is 2. The molecule has 2 amide bonds. The van der Waals surface area contributed by atoms with E-state index in [4.69, 9.17) is 0 Å². The molecule has 0 spiro atoms. The lowest BCUT2D eigenvalue weighted by Gasteiger charge is -2.14. The molecular formula is C20H25N3O2. The van der Waals surface area contributed by atoms with Gasteiger partial charge in [0.25, 0.3) is 0 Å². The number of carbonyl (C=O) groups excluding carboxylic acids is 2. The second kappa shape index (κ2) is 10.2. The van der Waals surface area contributed by atoms with E-state index in [0.29, 0.717) is 25.1 Å². The Hall–Kier alpha value is -2.69. The summed E-state index contributed by atoms with van der Waals surface area (Å²) in [5.41, 5.74) is 1.27. The number of rotatable bonds is 9. The summed E-state index contributed by atoms with van der Waals surface area (Å²) >= 11 is 0. The summed E-state index contributed by atoms with van der Waals surface area (Å²) in [6.07, 6.45) is 4.65. The highest BCUT2D eigenvalue weighted by atomic mass is 16.2. The average Bonchev–Trinajstić information content (AvgIpc) is 2.61. The highest BCUT2D eigenvalue weighted by Crippen LogP contribution is 2.06. The zero-order valence-electron chi connectivity index (χ0n) is 14.6. The summed E-state index contributed by atoms with van der Waals surface area (Å²) in [6, 6.07) is 15.7. The van der Waals surface area contributed by atoms with Gasteiger partial charge in [-0.15, -0.1) is 0 Å². The minimum Gasteiger partial charge on any atom is -0.354 e. The molecule has 0 bridgehead atoms. The Morgan fingerprint density at radius 1 is 1.00 bits per heavy atom. The lowest BCUT2D eigenvalue weighted by Crippen LogP contribution is -2.32. The van der Waals surface area contributed by atoms with Crippen molar-refractivity contribution in [1.29, 1.82) is 0 Å². The molecular weight excluding hydrogens is 314 g/mol. The molecule has 1 heterocycles. The molecule has 5 nitrogen and oxygen atoms in total. The van der Waals surface area contributed by atoms with Gasteiger partial charge in [-0.25, -0.2) is 4.98 Å². The molecule has 0 aliphatic heterocycles. The Bertz CT molecular complexity index is 659. The number of aromatic nitrogens is 1. The molecule has 2 aromatic rings. The van der Waals surface area contributed by atoms with Crippen LogP contribution >= 0.6 is 0 Å². The molecule has 2 rings (SSSR count). The largest absolute Gasteiger partial charge is 0.354 e. The fraction of sp³-hybridized carbons (Fsp3) is 0.350. The second-order valence-corrected chi connectivity index (χ2v) is 6.11. The average molecular weight is 339 g/mol. The van der Waals surface area contributed by atoms with Crippen LogP contribution in [-0.2, 0) is 16.0 Å². The lowest BCUT2D eigenvalue weighted by molar-refractivity contribution is -0.122. The van der Waals surface area contributed by atoms with E-state index in [9.17, 15) is 9.59 Å². The van der Waals surface area contributed by atoms with Crippen LogP contribution in [0, 0.1) is 0 Å². The number of benzene rings is 1. The van der Waals surface area contributed by atoms with Gasteiger partial charge in [0.15, 0.2) is 0 Å². The van der Waals surface area contributed by atoms with Crippen molar-refractivity contribution in [2.24, 2.45) is 0 Å². The van der Waals surface area contributed by atoms with Crippen LogP contribution in [0.3, 0.4) is 0 Å². The molecule has 0 fully saturated rings. The number of nitrogens with zero attached hydrogens (tertiary/aromatic N) is 1. The molecule has 1 aromatic carbocycles. The first-order chi connectivity index (χ1) is 12.1. The molecule has 0 aliphatic rings. The summed E-state index contributed by atoms with van der Waals surface area (Å²) in [5, 5.41) is 5.70. The van der Waals surface area contributed by atoms with Gasteiger partial charge in [-0.2, -0.15) is 0 Å². The molecule has 2 N–H and O–H groups in total. The smallest absolute Gasteiger partial charge is 0.225 e. The topological polar surface area (TPSA) is 71.1 Å². The summed E-state index contributed by atoms with van der Waals surface area (Å²) < 4.78 is 0. The van der Waals surface area contributed by atoms with Crippen molar-refractivity contribution >= 4 is 17.6 Å². The van der Waals surface area contributed by atoms with Crippen molar-refractivity contribution in [3.05, 3.63) is 60.3 Å². The van der Waals surface area contributed by atoms with E-state index < -0.39 is 0 Å². The van der Waals surface area contributed by atoms with Crippen LogP contribution in [0.1, 0.15) is 38.2 Å². The molecule has 0 saturated carbocycles. The van der Waals surface area contributed by atoms with E-state index >= 15 is 0 Å². The molecule has 5 heteroatoms. The van der Waals surface area contributed by atoms with Gasteiger partial charge >= 0.3 is 0 Å². The number of pyridine rings is 1. The number of anilines is 1. The van der Waals surface area contributed by atoms with Crippen LogP contribution in [0.4, 0.5) is 5.82 Å². The van der Waals surface area contributed by atoms with Crippen molar-refractivity contribution in [1.82, 2.24) is 10.3 Å². The van der Waals surface area contributed by atoms with Gasteiger partial charge in [0, 0.05) is 25.1 Å². The number of amides is 2. The normalized spacial score (nSPS) is 11.6. The van der Waals surface area contributed by atoms with Gasteiger partial charge in [-0.3, -0.25) is 9.59 Å². The van der Waals surface area contributed by atoms with Crippen molar-refractivity contribution in [2.75, 3.05) is 5.32 Å². The number of hydrogen-bond donors (Lipinski definition) is 2. The monoisotopic (exact) mass is 339 g/mol. The number of aryl methyl sites for hydroxylation is 1. The van der Waals surface area contributed by atoms with E-state index in [-0.39, 0.29) is 17.9 Å². The van der Waals surface area contributed by atoms with Crippen molar-refractivity contribution < 1.29 is 9.59 Å². The van der Waals surface area contributed by atoms with Crippen LogP contribution in [0.25, 0.3) is 0 Å². The third-order valence-corrected chi connectivity index (χ3v) is 3.86. The third-order valence-electron chi connectivity index (χ3n) is 3.86. The Balaban J connectivity index is 1.59. The summed E-state index contributed by atoms with van der Waals surface area (Å²) in [5.74, 6) is 0.404. The molecule has 0 saturated heterocycles. The Kier molecular flexibility index (Phi) is 7.63. The van der Waals surface area contributed by atoms with Gasteiger partial charge in [-0.1, -0.05) is 36.4 Å². The van der Waals surface area contributed by atoms with Gasteiger partial charge in [0.2, 0.25) is 11.8 Å². The zero-order chi connectivity index (χ0) is 17.9. The minimum absolute atomic E-state index is 0.00815. The van der Waals surface area contributed by atoms with Gasteiger partial charge in [0.05, 0.1) is 0 Å². The van der Waals surface area contributed by atoms with E-state index in [0.717, 1.165) is 12.8 Å².